The second kappa shape index (κ2) is 7.66. The fourth-order valence-corrected chi connectivity index (χ4v) is 2.70. The first-order chi connectivity index (χ1) is 11.3. The summed E-state index contributed by atoms with van der Waals surface area (Å²) in [5.74, 6) is 0.242. The number of benzene rings is 1. The van der Waals surface area contributed by atoms with E-state index in [1.54, 1.807) is 36.0 Å². The molecule has 0 radical (unpaired) electrons. The zero-order chi connectivity index (χ0) is 17.9. The van der Waals surface area contributed by atoms with Crippen LogP contribution in [0.5, 0.6) is 5.75 Å². The highest BCUT2D eigenvalue weighted by molar-refractivity contribution is 5.97. The fourth-order valence-electron chi connectivity index (χ4n) is 2.70. The van der Waals surface area contributed by atoms with Gasteiger partial charge in [0.25, 0.3) is 5.91 Å². The van der Waals surface area contributed by atoms with E-state index in [0.717, 1.165) is 5.56 Å². The van der Waals surface area contributed by atoms with E-state index < -0.39 is 0 Å². The maximum Gasteiger partial charge on any atom is 0.257 e. The van der Waals surface area contributed by atoms with Gasteiger partial charge in [0.05, 0.1) is 12.1 Å². The third kappa shape index (κ3) is 4.26. The van der Waals surface area contributed by atoms with Gasteiger partial charge in [-0.3, -0.25) is 14.5 Å². The van der Waals surface area contributed by atoms with Gasteiger partial charge in [-0.25, -0.2) is 0 Å². The normalized spacial score (nSPS) is 15.6. The molecule has 0 unspecified atom stereocenters. The van der Waals surface area contributed by atoms with Crippen LogP contribution in [0.25, 0.3) is 0 Å². The highest BCUT2D eigenvalue weighted by Gasteiger charge is 2.25. The number of hydrogen-bond acceptors (Lipinski definition) is 4. The van der Waals surface area contributed by atoms with Crippen molar-refractivity contribution in [2.75, 3.05) is 46.8 Å². The van der Waals surface area contributed by atoms with Gasteiger partial charge in [-0.05, 0) is 23.6 Å². The van der Waals surface area contributed by atoms with Crippen molar-refractivity contribution in [1.29, 1.82) is 0 Å². The van der Waals surface area contributed by atoms with Gasteiger partial charge < -0.3 is 14.9 Å². The van der Waals surface area contributed by atoms with Gasteiger partial charge in [0.15, 0.2) is 0 Å². The van der Waals surface area contributed by atoms with E-state index in [1.165, 1.54) is 0 Å². The molecule has 132 valence electrons. The minimum absolute atomic E-state index is 0.0228. The van der Waals surface area contributed by atoms with Crippen LogP contribution in [0, 0.1) is 0 Å². The van der Waals surface area contributed by atoms with Gasteiger partial charge in [-0.15, -0.1) is 0 Å². The molecule has 1 N–H and O–H groups in total. The quantitative estimate of drug-likeness (QED) is 0.904. The maximum absolute atomic E-state index is 12.7. The lowest BCUT2D eigenvalue weighted by atomic mass is 9.99. The lowest BCUT2D eigenvalue weighted by molar-refractivity contribution is -0.130. The van der Waals surface area contributed by atoms with Crippen molar-refractivity contribution in [1.82, 2.24) is 14.7 Å². The first-order valence-corrected chi connectivity index (χ1v) is 8.34. The monoisotopic (exact) mass is 333 g/mol. The number of rotatable bonds is 4. The number of carbonyl (C=O) groups excluding carboxylic acids is 2. The van der Waals surface area contributed by atoms with Crippen LogP contribution in [0.15, 0.2) is 18.2 Å². The van der Waals surface area contributed by atoms with Crippen molar-refractivity contribution in [3.8, 4) is 5.75 Å². The van der Waals surface area contributed by atoms with Gasteiger partial charge >= 0.3 is 0 Å². The molecule has 0 atom stereocenters. The van der Waals surface area contributed by atoms with Crippen LogP contribution < -0.4 is 0 Å². The number of piperazine rings is 1. The summed E-state index contributed by atoms with van der Waals surface area (Å²) in [6, 6.07) is 5.22. The molecular formula is C18H27N3O3. The Kier molecular flexibility index (Phi) is 5.83. The number of phenolic OH excluding ortho intramolecular Hbond substituents is 1. The number of nitrogens with zero attached hydrogens (tertiary/aromatic N) is 3. The highest BCUT2D eigenvalue weighted by Crippen LogP contribution is 2.25. The van der Waals surface area contributed by atoms with Gasteiger partial charge in [0.2, 0.25) is 5.91 Å². The number of likely N-dealkylation sites (N-methyl/N-ethyl adjacent to an activating group) is 1. The smallest absolute Gasteiger partial charge is 0.257 e. The Labute approximate surface area is 143 Å². The molecule has 1 fully saturated rings. The standard InChI is InChI=1S/C18H27N3O3/c1-13(2)14-5-6-16(22)15(11-14)18(24)21-9-7-20(8-10-21)12-17(23)19(3)4/h5-6,11,13,22H,7-10,12H2,1-4H3. The predicted octanol–water partition coefficient (Wildman–Crippen LogP) is 1.36. The summed E-state index contributed by atoms with van der Waals surface area (Å²) in [7, 11) is 3.49. The minimum atomic E-state index is -0.145. The van der Waals surface area contributed by atoms with Crippen molar-refractivity contribution in [3.05, 3.63) is 29.3 Å². The van der Waals surface area contributed by atoms with Crippen molar-refractivity contribution >= 4 is 11.8 Å². The van der Waals surface area contributed by atoms with E-state index in [-0.39, 0.29) is 17.6 Å². The Morgan fingerprint density at radius 2 is 1.79 bits per heavy atom. The predicted molar refractivity (Wildman–Crippen MR) is 93.2 cm³/mol. The van der Waals surface area contributed by atoms with E-state index in [9.17, 15) is 14.7 Å². The average Bonchev–Trinajstić information content (AvgIpc) is 2.55. The molecule has 0 aromatic heterocycles. The van der Waals surface area contributed by atoms with E-state index in [1.807, 2.05) is 6.07 Å². The number of aromatic hydroxyl groups is 1. The highest BCUT2D eigenvalue weighted by atomic mass is 16.3. The third-order valence-corrected chi connectivity index (χ3v) is 4.43. The van der Waals surface area contributed by atoms with Gasteiger partial charge in [-0.2, -0.15) is 0 Å². The van der Waals surface area contributed by atoms with Crippen LogP contribution in [-0.2, 0) is 4.79 Å². The Bertz CT molecular complexity index is 606. The first kappa shape index (κ1) is 18.3. The number of amides is 2. The molecule has 2 rings (SSSR count). The first-order valence-electron chi connectivity index (χ1n) is 8.34. The van der Waals surface area contributed by atoms with E-state index in [0.29, 0.717) is 44.2 Å². The molecule has 24 heavy (non-hydrogen) atoms. The Morgan fingerprint density at radius 1 is 1.17 bits per heavy atom. The summed E-state index contributed by atoms with van der Waals surface area (Å²) in [6.45, 7) is 6.94. The van der Waals surface area contributed by atoms with Gasteiger partial charge in [0.1, 0.15) is 5.75 Å². The van der Waals surface area contributed by atoms with Crippen LogP contribution in [0.3, 0.4) is 0 Å². The summed E-state index contributed by atoms with van der Waals surface area (Å²) in [6.07, 6.45) is 0. The SMILES string of the molecule is CC(C)c1ccc(O)c(C(=O)N2CCN(CC(=O)N(C)C)CC2)c1. The molecular weight excluding hydrogens is 306 g/mol. The molecule has 1 heterocycles. The Balaban J connectivity index is 2.00. The van der Waals surface area contributed by atoms with E-state index in [2.05, 4.69) is 18.7 Å². The topological polar surface area (TPSA) is 64.1 Å². The summed E-state index contributed by atoms with van der Waals surface area (Å²) in [5.41, 5.74) is 1.39. The molecule has 6 heteroatoms. The zero-order valence-corrected chi connectivity index (χ0v) is 15.0. The molecule has 0 spiro atoms. The molecule has 1 saturated heterocycles. The van der Waals surface area contributed by atoms with Crippen LogP contribution in [0.4, 0.5) is 0 Å². The fraction of sp³-hybridized carbons (Fsp3) is 0.556. The number of phenols is 1. The summed E-state index contributed by atoms with van der Waals surface area (Å²) < 4.78 is 0. The molecule has 2 amide bonds. The molecule has 1 aliphatic heterocycles. The molecule has 6 nitrogen and oxygen atoms in total. The molecule has 0 aliphatic carbocycles. The summed E-state index contributed by atoms with van der Waals surface area (Å²) in [4.78, 5) is 29.8. The van der Waals surface area contributed by atoms with E-state index >= 15 is 0 Å². The van der Waals surface area contributed by atoms with Crippen LogP contribution >= 0.6 is 0 Å². The summed E-state index contributed by atoms with van der Waals surface area (Å²) in [5, 5.41) is 10.0. The van der Waals surface area contributed by atoms with Crippen molar-refractivity contribution in [3.63, 3.8) is 0 Å². The van der Waals surface area contributed by atoms with Gasteiger partial charge in [-0.1, -0.05) is 19.9 Å². The minimum Gasteiger partial charge on any atom is -0.507 e. The van der Waals surface area contributed by atoms with Crippen LogP contribution in [0.1, 0.15) is 35.7 Å². The molecule has 1 aromatic carbocycles. The second-order valence-electron chi connectivity index (χ2n) is 6.79. The maximum atomic E-state index is 12.7. The number of carbonyl (C=O) groups is 2. The summed E-state index contributed by atoms with van der Waals surface area (Å²) >= 11 is 0. The molecule has 1 aromatic rings. The van der Waals surface area contributed by atoms with Crippen molar-refractivity contribution in [2.45, 2.75) is 19.8 Å². The van der Waals surface area contributed by atoms with Crippen molar-refractivity contribution < 1.29 is 14.7 Å². The Morgan fingerprint density at radius 3 is 2.33 bits per heavy atom. The van der Waals surface area contributed by atoms with Crippen LogP contribution in [-0.4, -0.2) is 78.4 Å². The molecule has 0 bridgehead atoms. The lowest BCUT2D eigenvalue weighted by Crippen LogP contribution is -2.51. The number of hydrogen-bond donors (Lipinski definition) is 1. The molecule has 0 saturated carbocycles. The lowest BCUT2D eigenvalue weighted by Gasteiger charge is -2.35. The van der Waals surface area contributed by atoms with E-state index in [4.69, 9.17) is 0 Å². The largest absolute Gasteiger partial charge is 0.507 e. The third-order valence-electron chi connectivity index (χ3n) is 4.43. The average molecular weight is 333 g/mol. The second-order valence-corrected chi connectivity index (χ2v) is 6.79. The zero-order valence-electron chi connectivity index (χ0n) is 15.0. The molecule has 1 aliphatic rings. The van der Waals surface area contributed by atoms with Crippen LogP contribution in [0.2, 0.25) is 0 Å². The van der Waals surface area contributed by atoms with Gasteiger partial charge in [0, 0.05) is 40.3 Å². The Hall–Kier alpha value is -2.08. The van der Waals surface area contributed by atoms with Crippen molar-refractivity contribution in [2.24, 2.45) is 0 Å².